The molecule has 2 saturated heterocycles. The Morgan fingerprint density at radius 1 is 0.921 bits per heavy atom. The van der Waals surface area contributed by atoms with Gasteiger partial charge in [0, 0.05) is 64.2 Å². The minimum absolute atomic E-state index is 0.0211. The summed E-state index contributed by atoms with van der Waals surface area (Å²) in [6, 6.07) is 5.94. The van der Waals surface area contributed by atoms with Crippen molar-refractivity contribution in [1.82, 2.24) is 40.1 Å². The van der Waals surface area contributed by atoms with Crippen LogP contribution in [0.3, 0.4) is 0 Å². The Bertz CT molecular complexity index is 1990. The molecule has 13 nitrogen and oxygen atoms in total. The number of nitrogens with zero attached hydrogens (tertiary/aromatic N) is 6. The number of hydrogen-bond donors (Lipinski definition) is 3. The largest absolute Gasteiger partial charge is 0.391 e. The number of piperazine rings is 1. The number of likely N-dealkylation sites (tertiary alicyclic amines) is 1. The number of hydrogen-bond acceptors (Lipinski definition) is 9. The lowest BCUT2D eigenvalue weighted by Gasteiger charge is -2.39. The number of nitrogens with one attached hydrogen (secondary N) is 2. The molecule has 0 radical (unpaired) electrons. The molecule has 4 atom stereocenters. The van der Waals surface area contributed by atoms with Crippen LogP contribution in [-0.4, -0.2) is 116 Å². The molecule has 4 heterocycles. The maximum atomic E-state index is 14.1. The molecular formula is C49H74N8O5S. The molecule has 0 spiro atoms. The van der Waals surface area contributed by atoms with Gasteiger partial charge in [-0.05, 0) is 100 Å². The van der Waals surface area contributed by atoms with Gasteiger partial charge in [-0.3, -0.25) is 28.8 Å². The number of benzene rings is 1. The smallest absolute Gasteiger partial charge is 0.246 e. The molecule has 1 saturated carbocycles. The first kappa shape index (κ1) is 48.3. The normalized spacial score (nSPS) is 20.4. The minimum Gasteiger partial charge on any atom is -0.391 e. The molecule has 2 aromatic heterocycles. The number of unbranched alkanes of at least 4 members (excludes halogenated alkanes) is 2. The Kier molecular flexibility index (Phi) is 16.6. The van der Waals surface area contributed by atoms with Crippen LogP contribution in [0.15, 0.2) is 36.0 Å². The van der Waals surface area contributed by atoms with Crippen molar-refractivity contribution in [2.75, 3.05) is 39.3 Å². The lowest BCUT2D eigenvalue weighted by Crippen LogP contribution is -2.57. The summed E-state index contributed by atoms with van der Waals surface area (Å²) in [4.78, 5) is 65.6. The van der Waals surface area contributed by atoms with Crippen LogP contribution in [0.5, 0.6) is 0 Å². The number of aryl methyl sites for hydroxylation is 2. The first-order valence-electron chi connectivity index (χ1n) is 23.6. The van der Waals surface area contributed by atoms with E-state index in [1.807, 2.05) is 75.5 Å². The van der Waals surface area contributed by atoms with Gasteiger partial charge in [-0.25, -0.2) is 4.98 Å². The van der Waals surface area contributed by atoms with Gasteiger partial charge in [-0.2, -0.15) is 5.10 Å². The van der Waals surface area contributed by atoms with Gasteiger partial charge in [0.25, 0.3) is 0 Å². The number of rotatable bonds is 18. The van der Waals surface area contributed by atoms with E-state index in [1.165, 1.54) is 61.1 Å². The van der Waals surface area contributed by atoms with E-state index in [-0.39, 0.29) is 49.1 Å². The van der Waals surface area contributed by atoms with Crippen LogP contribution in [-0.2, 0) is 25.7 Å². The number of carbonyl (C=O) groups excluding carboxylic acids is 4. The molecule has 14 heteroatoms. The third-order valence-corrected chi connectivity index (χ3v) is 15.0. The summed E-state index contributed by atoms with van der Waals surface area (Å²) in [5.74, 6) is -0.767. The predicted molar refractivity (Wildman–Crippen MR) is 249 cm³/mol. The van der Waals surface area contributed by atoms with Gasteiger partial charge >= 0.3 is 0 Å². The molecule has 63 heavy (non-hydrogen) atoms. The highest BCUT2D eigenvalue weighted by Crippen LogP contribution is 2.42. The number of aliphatic hydroxyl groups is 1. The molecular weight excluding hydrogens is 813 g/mol. The van der Waals surface area contributed by atoms with Crippen LogP contribution in [0.1, 0.15) is 140 Å². The number of aliphatic hydroxyl groups excluding tert-OH is 1. The van der Waals surface area contributed by atoms with Crippen molar-refractivity contribution in [2.45, 2.75) is 163 Å². The first-order valence-corrected chi connectivity index (χ1v) is 24.5. The van der Waals surface area contributed by atoms with E-state index in [0.717, 1.165) is 67.4 Å². The Morgan fingerprint density at radius 3 is 2.25 bits per heavy atom. The zero-order valence-electron chi connectivity index (χ0n) is 39.1. The second-order valence-electron chi connectivity index (χ2n) is 19.9. The van der Waals surface area contributed by atoms with Crippen LogP contribution in [0.2, 0.25) is 0 Å². The fraction of sp³-hybridized carbons (Fsp3) is 0.673. The molecule has 2 aliphatic heterocycles. The highest BCUT2D eigenvalue weighted by Gasteiger charge is 2.45. The van der Waals surface area contributed by atoms with Gasteiger partial charge in [0.2, 0.25) is 23.6 Å². The molecule has 3 N–H and O–H groups in total. The van der Waals surface area contributed by atoms with E-state index in [0.29, 0.717) is 24.7 Å². The van der Waals surface area contributed by atoms with Crippen molar-refractivity contribution in [2.24, 2.45) is 10.8 Å². The summed E-state index contributed by atoms with van der Waals surface area (Å²) in [7, 11) is 0. The average Bonchev–Trinajstić information content (AvgIpc) is 3.97. The van der Waals surface area contributed by atoms with Gasteiger partial charge < -0.3 is 25.5 Å². The third kappa shape index (κ3) is 12.8. The molecule has 3 fully saturated rings. The SMILES string of the molecule is Cc1cnn(CC2(CCCN3CCN(C(=O)CCCCCC(=O)NC(C(=O)N4C[C@H](O)C[C@H]4C(=O)N[C@@H](C)c4ccc(-c5scnc5C)cc4)C(C)(C)C)CC3)CCCCC2)c1C. The lowest BCUT2D eigenvalue weighted by atomic mass is 9.71. The Balaban J connectivity index is 0.893. The maximum absolute atomic E-state index is 14.1. The standard InChI is InChI=1S/C49H74N8O5S/c1-34-30-51-57(37(34)4)32-49(21-12-9-13-22-49)23-14-24-54-25-27-55(28-26-54)43(60)16-11-8-10-15-42(59)53-45(48(5,6)7)47(62)56-31-40(58)29-41(56)46(61)52-35(2)38-17-19-39(20-18-38)44-36(3)50-33-63-44/h17-20,30,33,35,40-41,45,58H,8-16,21-29,31-32H2,1-7H3,(H,52,61)(H,53,59)/t35-,40+,41-,45?/m0/s1. The van der Waals surface area contributed by atoms with E-state index in [1.54, 1.807) is 11.3 Å². The highest BCUT2D eigenvalue weighted by atomic mass is 32.1. The van der Waals surface area contributed by atoms with Crippen molar-refractivity contribution in [3.8, 4) is 10.4 Å². The number of amides is 4. The van der Waals surface area contributed by atoms with E-state index in [9.17, 15) is 24.3 Å². The Hall–Kier alpha value is -4.14. The summed E-state index contributed by atoms with van der Waals surface area (Å²) in [5.41, 5.74) is 7.04. The topological polar surface area (TPSA) is 153 Å². The van der Waals surface area contributed by atoms with Gasteiger partial charge in [-0.1, -0.05) is 70.7 Å². The van der Waals surface area contributed by atoms with Crippen LogP contribution in [0.25, 0.3) is 10.4 Å². The maximum Gasteiger partial charge on any atom is 0.246 e. The summed E-state index contributed by atoms with van der Waals surface area (Å²) >= 11 is 1.59. The first-order chi connectivity index (χ1) is 30.0. The lowest BCUT2D eigenvalue weighted by molar-refractivity contribution is -0.144. The molecule has 3 aromatic rings. The summed E-state index contributed by atoms with van der Waals surface area (Å²) < 4.78 is 2.24. The van der Waals surface area contributed by atoms with Gasteiger partial charge in [0.05, 0.1) is 34.4 Å². The third-order valence-electron chi connectivity index (χ3n) is 14.0. The van der Waals surface area contributed by atoms with Crippen molar-refractivity contribution < 1.29 is 24.3 Å². The molecule has 346 valence electrons. The quantitative estimate of drug-likeness (QED) is 0.114. The number of thiazole rings is 1. The van der Waals surface area contributed by atoms with Crippen LogP contribution >= 0.6 is 11.3 Å². The molecule has 4 amide bonds. The fourth-order valence-corrected chi connectivity index (χ4v) is 10.7. The van der Waals surface area contributed by atoms with Crippen molar-refractivity contribution in [1.29, 1.82) is 0 Å². The van der Waals surface area contributed by atoms with E-state index < -0.39 is 23.6 Å². The second-order valence-corrected chi connectivity index (χ2v) is 20.8. The molecule has 3 aliphatic rings. The van der Waals surface area contributed by atoms with Crippen molar-refractivity contribution >= 4 is 35.0 Å². The summed E-state index contributed by atoms with van der Waals surface area (Å²) in [6.07, 6.45) is 13.0. The molecule has 6 rings (SSSR count). The van der Waals surface area contributed by atoms with Crippen molar-refractivity contribution in [3.63, 3.8) is 0 Å². The van der Waals surface area contributed by atoms with Crippen LogP contribution in [0, 0.1) is 31.6 Å². The molecule has 0 bridgehead atoms. The Labute approximate surface area is 379 Å². The number of aromatic nitrogens is 3. The monoisotopic (exact) mass is 887 g/mol. The van der Waals surface area contributed by atoms with Gasteiger partial charge in [-0.15, -0.1) is 11.3 Å². The van der Waals surface area contributed by atoms with Gasteiger partial charge in [0.15, 0.2) is 0 Å². The number of carbonyl (C=O) groups is 4. The average molecular weight is 887 g/mol. The van der Waals surface area contributed by atoms with E-state index in [4.69, 9.17) is 5.10 Å². The fourth-order valence-electron chi connectivity index (χ4n) is 9.85. The number of β-amino-alcohol motifs (C(OH)–C–C–N with tert-alkyl or cyclic N) is 1. The predicted octanol–water partition coefficient (Wildman–Crippen LogP) is 7.13. The Morgan fingerprint density at radius 2 is 1.62 bits per heavy atom. The summed E-state index contributed by atoms with van der Waals surface area (Å²) in [5, 5.41) is 21.4. The van der Waals surface area contributed by atoms with Crippen LogP contribution < -0.4 is 10.6 Å². The molecule has 1 unspecified atom stereocenters. The van der Waals surface area contributed by atoms with E-state index >= 15 is 0 Å². The molecule has 1 aliphatic carbocycles. The highest BCUT2D eigenvalue weighted by molar-refractivity contribution is 7.13. The second kappa shape index (κ2) is 21.7. The minimum atomic E-state index is -0.880. The van der Waals surface area contributed by atoms with E-state index in [2.05, 4.69) is 39.0 Å². The zero-order chi connectivity index (χ0) is 45.3. The summed E-state index contributed by atoms with van der Waals surface area (Å²) in [6.45, 7) is 19.3. The van der Waals surface area contributed by atoms with Gasteiger partial charge in [0.1, 0.15) is 12.1 Å². The van der Waals surface area contributed by atoms with Crippen LogP contribution in [0.4, 0.5) is 0 Å². The molecule has 1 aromatic carbocycles. The van der Waals surface area contributed by atoms with Crippen molar-refractivity contribution in [3.05, 3.63) is 58.5 Å². The zero-order valence-corrected chi connectivity index (χ0v) is 39.9.